The van der Waals surface area contributed by atoms with Crippen molar-refractivity contribution in [3.8, 4) is 0 Å². The SMILES string of the molecule is CNCc1ccnc(N(CC(F)(F)F)C(C)C)c1. The van der Waals surface area contributed by atoms with Gasteiger partial charge in [-0.25, -0.2) is 4.98 Å². The van der Waals surface area contributed by atoms with Crippen LogP contribution in [0.4, 0.5) is 19.0 Å². The molecule has 0 saturated carbocycles. The summed E-state index contributed by atoms with van der Waals surface area (Å²) < 4.78 is 37.6. The number of halogens is 3. The van der Waals surface area contributed by atoms with E-state index in [4.69, 9.17) is 0 Å². The Balaban J connectivity index is 2.95. The van der Waals surface area contributed by atoms with Crippen molar-refractivity contribution in [1.29, 1.82) is 0 Å². The number of aromatic nitrogens is 1. The zero-order valence-electron chi connectivity index (χ0n) is 10.8. The maximum Gasteiger partial charge on any atom is 0.405 e. The Labute approximate surface area is 105 Å². The van der Waals surface area contributed by atoms with Gasteiger partial charge in [0.15, 0.2) is 0 Å². The molecule has 18 heavy (non-hydrogen) atoms. The predicted octanol–water partition coefficient (Wildman–Crippen LogP) is 2.58. The summed E-state index contributed by atoms with van der Waals surface area (Å²) in [4.78, 5) is 5.27. The maximum atomic E-state index is 12.5. The Hall–Kier alpha value is -1.30. The molecule has 1 N–H and O–H groups in total. The molecule has 6 heteroatoms. The molecule has 0 unspecified atom stereocenters. The number of anilines is 1. The zero-order chi connectivity index (χ0) is 13.8. The molecule has 0 spiro atoms. The van der Waals surface area contributed by atoms with Crippen LogP contribution in [0.25, 0.3) is 0 Å². The van der Waals surface area contributed by atoms with Crippen LogP contribution in [0.2, 0.25) is 0 Å². The zero-order valence-corrected chi connectivity index (χ0v) is 10.8. The lowest BCUT2D eigenvalue weighted by Crippen LogP contribution is -2.39. The van der Waals surface area contributed by atoms with E-state index in [0.29, 0.717) is 12.4 Å². The van der Waals surface area contributed by atoms with E-state index in [1.165, 1.54) is 11.1 Å². The summed E-state index contributed by atoms with van der Waals surface area (Å²) in [6.07, 6.45) is -2.70. The average Bonchev–Trinajstić information content (AvgIpc) is 2.25. The van der Waals surface area contributed by atoms with Gasteiger partial charge in [0.2, 0.25) is 0 Å². The molecule has 3 nitrogen and oxygen atoms in total. The third-order valence-electron chi connectivity index (χ3n) is 2.46. The lowest BCUT2D eigenvalue weighted by Gasteiger charge is -2.29. The van der Waals surface area contributed by atoms with Crippen molar-refractivity contribution < 1.29 is 13.2 Å². The molecule has 0 radical (unpaired) electrons. The van der Waals surface area contributed by atoms with E-state index >= 15 is 0 Å². The normalized spacial score (nSPS) is 11.9. The Morgan fingerprint density at radius 3 is 2.56 bits per heavy atom. The highest BCUT2D eigenvalue weighted by Gasteiger charge is 2.32. The van der Waals surface area contributed by atoms with Crippen molar-refractivity contribution in [3.63, 3.8) is 0 Å². The van der Waals surface area contributed by atoms with Crippen molar-refractivity contribution >= 4 is 5.82 Å². The van der Waals surface area contributed by atoms with E-state index in [9.17, 15) is 13.2 Å². The van der Waals surface area contributed by atoms with E-state index in [1.807, 2.05) is 0 Å². The van der Waals surface area contributed by atoms with E-state index in [1.54, 1.807) is 33.0 Å². The number of hydrogen-bond donors (Lipinski definition) is 1. The minimum absolute atomic E-state index is 0.260. The molecule has 0 amide bonds. The molecule has 0 bridgehead atoms. The number of nitrogens with zero attached hydrogens (tertiary/aromatic N) is 2. The molecule has 0 aliphatic heterocycles. The van der Waals surface area contributed by atoms with Crippen LogP contribution in [0.5, 0.6) is 0 Å². The van der Waals surface area contributed by atoms with E-state index in [0.717, 1.165) is 5.56 Å². The fourth-order valence-corrected chi connectivity index (χ4v) is 1.65. The van der Waals surface area contributed by atoms with Gasteiger partial charge in [-0.1, -0.05) is 0 Å². The Morgan fingerprint density at radius 2 is 2.06 bits per heavy atom. The molecule has 1 aromatic rings. The van der Waals surface area contributed by atoms with Crippen LogP contribution in [0.1, 0.15) is 19.4 Å². The lowest BCUT2D eigenvalue weighted by molar-refractivity contribution is -0.120. The first kappa shape index (κ1) is 14.8. The largest absolute Gasteiger partial charge is 0.405 e. The van der Waals surface area contributed by atoms with Crippen LogP contribution >= 0.6 is 0 Å². The molecule has 1 heterocycles. The lowest BCUT2D eigenvalue weighted by atomic mass is 10.2. The van der Waals surface area contributed by atoms with Gasteiger partial charge in [0.25, 0.3) is 0 Å². The number of pyridine rings is 1. The summed E-state index contributed by atoms with van der Waals surface area (Å²) in [5, 5.41) is 2.96. The second kappa shape index (κ2) is 6.04. The van der Waals surface area contributed by atoms with Gasteiger partial charge in [-0.3, -0.25) is 0 Å². The number of nitrogens with one attached hydrogen (secondary N) is 1. The summed E-state index contributed by atoms with van der Waals surface area (Å²) in [6.45, 7) is 3.06. The minimum atomic E-state index is -4.23. The van der Waals surface area contributed by atoms with Gasteiger partial charge in [0.05, 0.1) is 0 Å². The molecule has 0 aromatic carbocycles. The van der Waals surface area contributed by atoms with Gasteiger partial charge in [0, 0.05) is 18.8 Å². The van der Waals surface area contributed by atoms with Gasteiger partial charge in [-0.15, -0.1) is 0 Å². The molecular weight excluding hydrogens is 243 g/mol. The van der Waals surface area contributed by atoms with E-state index < -0.39 is 12.7 Å². The Morgan fingerprint density at radius 1 is 1.39 bits per heavy atom. The van der Waals surface area contributed by atoms with Crippen molar-refractivity contribution in [3.05, 3.63) is 23.9 Å². The van der Waals surface area contributed by atoms with Crippen molar-refractivity contribution in [2.24, 2.45) is 0 Å². The fraction of sp³-hybridized carbons (Fsp3) is 0.583. The second-order valence-corrected chi connectivity index (χ2v) is 4.39. The average molecular weight is 261 g/mol. The van der Waals surface area contributed by atoms with Crippen LogP contribution in [-0.4, -0.2) is 30.8 Å². The third-order valence-corrected chi connectivity index (χ3v) is 2.46. The van der Waals surface area contributed by atoms with Crippen LogP contribution in [-0.2, 0) is 6.54 Å². The highest BCUT2D eigenvalue weighted by molar-refractivity contribution is 5.42. The monoisotopic (exact) mass is 261 g/mol. The van der Waals surface area contributed by atoms with Gasteiger partial charge < -0.3 is 10.2 Å². The highest BCUT2D eigenvalue weighted by atomic mass is 19.4. The van der Waals surface area contributed by atoms with Gasteiger partial charge in [0.1, 0.15) is 12.4 Å². The quantitative estimate of drug-likeness (QED) is 0.883. The first-order valence-electron chi connectivity index (χ1n) is 5.76. The summed E-state index contributed by atoms with van der Waals surface area (Å²) in [5.41, 5.74) is 0.912. The van der Waals surface area contributed by atoms with Crippen molar-refractivity contribution in [1.82, 2.24) is 10.3 Å². The standard InChI is InChI=1S/C12H18F3N3/c1-9(2)18(8-12(13,14)15)11-6-10(7-16-3)4-5-17-11/h4-6,9,16H,7-8H2,1-3H3. The van der Waals surface area contributed by atoms with Crippen LogP contribution in [0.3, 0.4) is 0 Å². The summed E-state index contributed by atoms with van der Waals surface area (Å²) >= 11 is 0. The van der Waals surface area contributed by atoms with Crippen LogP contribution < -0.4 is 10.2 Å². The number of rotatable bonds is 5. The molecule has 1 aromatic heterocycles. The Bertz CT molecular complexity index is 377. The van der Waals surface area contributed by atoms with Crippen LogP contribution in [0, 0.1) is 0 Å². The fourth-order valence-electron chi connectivity index (χ4n) is 1.65. The molecular formula is C12H18F3N3. The van der Waals surface area contributed by atoms with E-state index in [-0.39, 0.29) is 6.04 Å². The summed E-state index contributed by atoms with van der Waals surface area (Å²) in [6, 6.07) is 3.21. The third kappa shape index (κ3) is 4.52. The molecule has 0 aliphatic carbocycles. The topological polar surface area (TPSA) is 28.2 Å². The smallest absolute Gasteiger partial charge is 0.345 e. The minimum Gasteiger partial charge on any atom is -0.345 e. The van der Waals surface area contributed by atoms with Gasteiger partial charge in [-0.2, -0.15) is 13.2 Å². The Kier molecular flexibility index (Phi) is 4.95. The molecule has 0 fully saturated rings. The first-order chi connectivity index (χ1) is 8.33. The van der Waals surface area contributed by atoms with Crippen molar-refractivity contribution in [2.45, 2.75) is 32.6 Å². The molecule has 0 saturated heterocycles. The predicted molar refractivity (Wildman–Crippen MR) is 65.5 cm³/mol. The van der Waals surface area contributed by atoms with Crippen LogP contribution in [0.15, 0.2) is 18.3 Å². The van der Waals surface area contributed by atoms with Gasteiger partial charge >= 0.3 is 6.18 Å². The molecule has 1 rings (SSSR count). The second-order valence-electron chi connectivity index (χ2n) is 4.39. The van der Waals surface area contributed by atoms with E-state index in [2.05, 4.69) is 10.3 Å². The molecule has 102 valence electrons. The van der Waals surface area contributed by atoms with Crippen molar-refractivity contribution in [2.75, 3.05) is 18.5 Å². The maximum absolute atomic E-state index is 12.5. The highest BCUT2D eigenvalue weighted by Crippen LogP contribution is 2.23. The summed E-state index contributed by atoms with van der Waals surface area (Å²) in [5.74, 6) is 0.357. The number of alkyl halides is 3. The van der Waals surface area contributed by atoms with Gasteiger partial charge in [-0.05, 0) is 38.6 Å². The number of hydrogen-bond acceptors (Lipinski definition) is 3. The summed E-state index contributed by atoms with van der Waals surface area (Å²) in [7, 11) is 1.79. The first-order valence-corrected chi connectivity index (χ1v) is 5.76. The molecule has 0 atom stereocenters. The molecule has 0 aliphatic rings.